The van der Waals surface area contributed by atoms with Gasteiger partial charge in [0, 0.05) is 50.9 Å². The Morgan fingerprint density at radius 3 is 2.37 bits per heavy atom. The summed E-state index contributed by atoms with van der Waals surface area (Å²) in [5.41, 5.74) is 0.713. The van der Waals surface area contributed by atoms with E-state index in [1.54, 1.807) is 15.9 Å². The second-order valence-electron chi connectivity index (χ2n) is 10.7. The van der Waals surface area contributed by atoms with Crippen LogP contribution >= 0.6 is 11.6 Å². The molecule has 1 aromatic heterocycles. The van der Waals surface area contributed by atoms with E-state index in [-0.39, 0.29) is 45.2 Å². The van der Waals surface area contributed by atoms with Gasteiger partial charge in [-0.3, -0.25) is 14.4 Å². The summed E-state index contributed by atoms with van der Waals surface area (Å²) in [7, 11) is 6.92. The fraction of sp³-hybridized carbons (Fsp3) is 0.400. The highest BCUT2D eigenvalue weighted by molar-refractivity contribution is 6.34. The molecule has 4 rings (SSSR count). The minimum atomic E-state index is -1.14. The number of rotatable bonds is 10. The van der Waals surface area contributed by atoms with E-state index in [1.165, 1.54) is 54.1 Å². The maximum Gasteiger partial charge on any atom is 0.291 e. The van der Waals surface area contributed by atoms with Crippen molar-refractivity contribution in [2.24, 2.45) is 7.05 Å². The van der Waals surface area contributed by atoms with E-state index < -0.39 is 17.5 Å². The van der Waals surface area contributed by atoms with Crippen molar-refractivity contribution < 1.29 is 32.8 Å². The predicted molar refractivity (Wildman–Crippen MR) is 159 cm³/mol. The Morgan fingerprint density at radius 2 is 1.72 bits per heavy atom. The van der Waals surface area contributed by atoms with E-state index in [0.29, 0.717) is 38.3 Å². The summed E-state index contributed by atoms with van der Waals surface area (Å²) in [4.78, 5) is 47.6. The number of methoxy groups -OCH3 is 1. The molecule has 1 saturated heterocycles. The molecule has 0 atom stereocenters. The minimum absolute atomic E-state index is 0.0480. The van der Waals surface area contributed by atoms with Crippen molar-refractivity contribution in [1.29, 1.82) is 0 Å². The number of aromatic nitrogens is 2. The van der Waals surface area contributed by atoms with Crippen molar-refractivity contribution in [3.8, 4) is 17.0 Å². The Bertz CT molecular complexity index is 1500. The maximum absolute atomic E-state index is 14.6. The number of ether oxygens (including phenoxy) is 1. The molecule has 0 bridgehead atoms. The Balaban J connectivity index is 1.36. The molecule has 0 spiro atoms. The van der Waals surface area contributed by atoms with Crippen molar-refractivity contribution in [2.45, 2.75) is 19.3 Å². The zero-order chi connectivity index (χ0) is 31.3. The highest BCUT2D eigenvalue weighted by atomic mass is 35.5. The van der Waals surface area contributed by atoms with Crippen LogP contribution in [-0.4, -0.2) is 91.0 Å². The molecule has 3 amide bonds. The molecule has 13 heteroatoms. The van der Waals surface area contributed by atoms with Gasteiger partial charge < -0.3 is 29.3 Å². The van der Waals surface area contributed by atoms with E-state index in [9.17, 15) is 23.2 Å². The molecule has 1 aliphatic rings. The van der Waals surface area contributed by atoms with Gasteiger partial charge in [-0.2, -0.15) is 4.39 Å². The standard InChI is InChI=1S/C30H35ClF2N6O4/c1-36(2)12-6-5-7-25(40)38-13-15-39(16-14-38)30(42)20-9-8-19(17-22(20)31)35-29(41)28-34-18-23(37(28)3)21-10-11-24(43-4)27(33)26(21)32/h8-11,17-18H,5-7,12-16H2,1-4H3,(H,35,41)/p+1. The van der Waals surface area contributed by atoms with Gasteiger partial charge in [0.25, 0.3) is 11.8 Å². The SMILES string of the molecule is COc1ccc(-c2cnc(C(=O)Nc3ccc(C(=O)N4CCN(C(=O)CCCC[NH+](C)C)CC4)c(Cl)c3)n2C)c(F)c1F. The Hall–Kier alpha value is -4.03. The van der Waals surface area contributed by atoms with E-state index in [0.717, 1.165) is 19.4 Å². The van der Waals surface area contributed by atoms with Gasteiger partial charge in [0.1, 0.15) is 0 Å². The van der Waals surface area contributed by atoms with E-state index in [2.05, 4.69) is 24.4 Å². The Labute approximate surface area is 254 Å². The van der Waals surface area contributed by atoms with Crippen LogP contribution in [0.3, 0.4) is 0 Å². The monoisotopic (exact) mass is 617 g/mol. The van der Waals surface area contributed by atoms with Crippen LogP contribution in [-0.2, 0) is 11.8 Å². The highest BCUT2D eigenvalue weighted by Gasteiger charge is 2.26. The summed E-state index contributed by atoms with van der Waals surface area (Å²) in [5, 5.41) is 2.83. The van der Waals surface area contributed by atoms with Gasteiger partial charge in [0.05, 0.1) is 50.2 Å². The lowest BCUT2D eigenvalue weighted by molar-refractivity contribution is -0.858. The number of amides is 3. The molecule has 2 aromatic carbocycles. The van der Waals surface area contributed by atoms with Gasteiger partial charge in [0.2, 0.25) is 11.7 Å². The smallest absolute Gasteiger partial charge is 0.291 e. The lowest BCUT2D eigenvalue weighted by Crippen LogP contribution is -3.05. The quantitative estimate of drug-likeness (QED) is 0.341. The number of anilines is 1. The van der Waals surface area contributed by atoms with Gasteiger partial charge >= 0.3 is 0 Å². The molecular formula is C30H36ClF2N6O4+. The summed E-state index contributed by atoms with van der Waals surface area (Å²) in [6, 6.07) is 7.18. The molecule has 2 heterocycles. The molecule has 3 aromatic rings. The number of carbonyl (C=O) groups excluding carboxylic acids is 3. The summed E-state index contributed by atoms with van der Waals surface area (Å²) < 4.78 is 35.0. The number of hydrogen-bond acceptors (Lipinski definition) is 5. The van der Waals surface area contributed by atoms with Crippen LogP contribution < -0.4 is 15.0 Å². The molecule has 43 heavy (non-hydrogen) atoms. The lowest BCUT2D eigenvalue weighted by Gasteiger charge is -2.35. The number of carbonyl (C=O) groups is 3. The molecule has 1 fully saturated rings. The third-order valence-electron chi connectivity index (χ3n) is 7.43. The second-order valence-corrected chi connectivity index (χ2v) is 11.1. The fourth-order valence-electron chi connectivity index (χ4n) is 4.95. The molecule has 230 valence electrons. The first-order valence-electron chi connectivity index (χ1n) is 14.0. The van der Waals surface area contributed by atoms with Crippen LogP contribution in [0.5, 0.6) is 5.75 Å². The van der Waals surface area contributed by atoms with Crippen LogP contribution in [0.1, 0.15) is 40.2 Å². The topological polar surface area (TPSA) is 101 Å². The molecule has 2 N–H and O–H groups in total. The molecule has 0 unspecified atom stereocenters. The van der Waals surface area contributed by atoms with Crippen LogP contribution in [0, 0.1) is 11.6 Å². The number of quaternary nitrogens is 1. The molecule has 0 saturated carbocycles. The molecule has 0 radical (unpaired) electrons. The number of benzene rings is 2. The van der Waals surface area contributed by atoms with Crippen LogP contribution in [0.2, 0.25) is 5.02 Å². The Kier molecular flexibility index (Phi) is 10.4. The largest absolute Gasteiger partial charge is 0.494 e. The van der Waals surface area contributed by atoms with Crippen molar-refractivity contribution in [2.75, 3.05) is 59.2 Å². The summed E-state index contributed by atoms with van der Waals surface area (Å²) in [6.07, 6.45) is 3.63. The zero-order valence-corrected chi connectivity index (χ0v) is 25.4. The van der Waals surface area contributed by atoms with Gasteiger partial charge in [-0.15, -0.1) is 0 Å². The van der Waals surface area contributed by atoms with Crippen molar-refractivity contribution in [3.63, 3.8) is 0 Å². The van der Waals surface area contributed by atoms with Crippen LogP contribution in [0.25, 0.3) is 11.3 Å². The number of nitrogens with zero attached hydrogens (tertiary/aromatic N) is 4. The molecule has 1 aliphatic heterocycles. The molecule has 0 aliphatic carbocycles. The highest BCUT2D eigenvalue weighted by Crippen LogP contribution is 2.30. The third kappa shape index (κ3) is 7.31. The van der Waals surface area contributed by atoms with Crippen molar-refractivity contribution in [3.05, 3.63) is 64.6 Å². The molecular weight excluding hydrogens is 582 g/mol. The first-order chi connectivity index (χ1) is 20.5. The number of halogens is 3. The Morgan fingerprint density at radius 1 is 1.02 bits per heavy atom. The first kappa shape index (κ1) is 31.9. The lowest BCUT2D eigenvalue weighted by atomic mass is 10.1. The number of imidazole rings is 1. The summed E-state index contributed by atoms with van der Waals surface area (Å²) >= 11 is 6.44. The van der Waals surface area contributed by atoms with E-state index in [4.69, 9.17) is 16.3 Å². The van der Waals surface area contributed by atoms with Gasteiger partial charge in [-0.25, -0.2) is 9.37 Å². The number of hydrogen-bond donors (Lipinski definition) is 2. The second kappa shape index (κ2) is 14.0. The van der Waals surface area contributed by atoms with Gasteiger partial charge in [0.15, 0.2) is 17.4 Å². The normalized spacial score (nSPS) is 13.4. The van der Waals surface area contributed by atoms with Gasteiger partial charge in [-0.1, -0.05) is 11.6 Å². The average Bonchev–Trinajstić information content (AvgIpc) is 3.37. The predicted octanol–water partition coefficient (Wildman–Crippen LogP) is 2.88. The van der Waals surface area contributed by atoms with E-state index in [1.807, 2.05) is 0 Å². The molecule has 10 nitrogen and oxygen atoms in total. The van der Waals surface area contributed by atoms with Crippen LogP contribution in [0.4, 0.5) is 14.5 Å². The zero-order valence-electron chi connectivity index (χ0n) is 24.7. The number of piperazine rings is 1. The van der Waals surface area contributed by atoms with Crippen molar-refractivity contribution in [1.82, 2.24) is 19.4 Å². The van der Waals surface area contributed by atoms with Crippen LogP contribution in [0.15, 0.2) is 36.5 Å². The number of unbranched alkanes of at least 4 members (excludes halogenated alkanes) is 1. The average molecular weight is 618 g/mol. The first-order valence-corrected chi connectivity index (χ1v) is 14.4. The van der Waals surface area contributed by atoms with Crippen molar-refractivity contribution >= 4 is 35.0 Å². The fourth-order valence-corrected chi connectivity index (χ4v) is 5.21. The summed E-state index contributed by atoms with van der Waals surface area (Å²) in [5.74, 6) is -3.30. The van der Waals surface area contributed by atoms with Gasteiger partial charge in [-0.05, 0) is 43.2 Å². The third-order valence-corrected chi connectivity index (χ3v) is 7.74. The number of nitrogens with one attached hydrogen (secondary N) is 2. The van der Waals surface area contributed by atoms with E-state index >= 15 is 0 Å². The maximum atomic E-state index is 14.6. The summed E-state index contributed by atoms with van der Waals surface area (Å²) in [6.45, 7) is 2.77. The minimum Gasteiger partial charge on any atom is -0.494 e.